The quantitative estimate of drug-likeness (QED) is 0.665. The first-order valence-electron chi connectivity index (χ1n) is 9.25. The van der Waals surface area contributed by atoms with Crippen molar-refractivity contribution in [2.24, 2.45) is 0 Å². The average molecular weight is 376 g/mol. The zero-order valence-electron chi connectivity index (χ0n) is 16.1. The van der Waals surface area contributed by atoms with Gasteiger partial charge >= 0.3 is 0 Å². The van der Waals surface area contributed by atoms with Gasteiger partial charge in [-0.05, 0) is 56.2 Å². The Bertz CT molecular complexity index is 946. The molecule has 0 saturated heterocycles. The third kappa shape index (κ3) is 5.07. The van der Waals surface area contributed by atoms with Crippen LogP contribution in [0.2, 0.25) is 0 Å². The standard InChI is InChI=1S/C22H24N4O2/c1-16-14-17(2)26(25-16)20-10-8-18(9-11-20)12-13-23-21(27)15-24-22(28)19-6-4-3-5-7-19/h3-11,14H,12-13,15H2,1-2H3,(H,23,27)(H,24,28). The molecule has 0 radical (unpaired) electrons. The first kappa shape index (κ1) is 19.4. The summed E-state index contributed by atoms with van der Waals surface area (Å²) in [6, 6.07) is 19.0. The van der Waals surface area contributed by atoms with E-state index in [1.807, 2.05) is 54.9 Å². The molecule has 6 nitrogen and oxygen atoms in total. The number of carbonyl (C=O) groups is 2. The van der Waals surface area contributed by atoms with Crippen molar-refractivity contribution in [1.82, 2.24) is 20.4 Å². The number of benzene rings is 2. The van der Waals surface area contributed by atoms with Gasteiger partial charge in [-0.2, -0.15) is 5.10 Å². The summed E-state index contributed by atoms with van der Waals surface area (Å²) in [5, 5.41) is 9.92. The summed E-state index contributed by atoms with van der Waals surface area (Å²) in [7, 11) is 0. The fraction of sp³-hybridized carbons (Fsp3) is 0.227. The molecule has 0 spiro atoms. The molecule has 28 heavy (non-hydrogen) atoms. The van der Waals surface area contributed by atoms with Crippen molar-refractivity contribution in [3.63, 3.8) is 0 Å². The van der Waals surface area contributed by atoms with E-state index in [0.29, 0.717) is 12.1 Å². The molecule has 144 valence electrons. The highest BCUT2D eigenvalue weighted by Crippen LogP contribution is 2.13. The van der Waals surface area contributed by atoms with Crippen molar-refractivity contribution in [2.45, 2.75) is 20.3 Å². The van der Waals surface area contributed by atoms with E-state index in [2.05, 4.69) is 15.7 Å². The smallest absolute Gasteiger partial charge is 0.251 e. The lowest BCUT2D eigenvalue weighted by Crippen LogP contribution is -2.37. The maximum Gasteiger partial charge on any atom is 0.251 e. The molecule has 3 rings (SSSR count). The fourth-order valence-electron chi connectivity index (χ4n) is 2.96. The Kier molecular flexibility index (Phi) is 6.22. The second kappa shape index (κ2) is 8.99. The molecule has 0 unspecified atom stereocenters. The van der Waals surface area contributed by atoms with Crippen LogP contribution in [-0.2, 0) is 11.2 Å². The first-order valence-corrected chi connectivity index (χ1v) is 9.25. The van der Waals surface area contributed by atoms with Crippen molar-refractivity contribution in [3.8, 4) is 5.69 Å². The Hall–Kier alpha value is -3.41. The Morgan fingerprint density at radius 3 is 2.32 bits per heavy atom. The van der Waals surface area contributed by atoms with Gasteiger partial charge in [0.15, 0.2) is 0 Å². The van der Waals surface area contributed by atoms with Gasteiger partial charge in [0.25, 0.3) is 5.91 Å². The van der Waals surface area contributed by atoms with Crippen molar-refractivity contribution >= 4 is 11.8 Å². The van der Waals surface area contributed by atoms with E-state index in [0.717, 1.165) is 29.1 Å². The summed E-state index contributed by atoms with van der Waals surface area (Å²) in [4.78, 5) is 23.8. The summed E-state index contributed by atoms with van der Waals surface area (Å²) < 4.78 is 1.91. The molecule has 0 atom stereocenters. The van der Waals surface area contributed by atoms with Gasteiger partial charge in [-0.25, -0.2) is 4.68 Å². The molecule has 1 heterocycles. The summed E-state index contributed by atoms with van der Waals surface area (Å²) in [5.41, 5.74) is 4.76. The third-order valence-corrected chi connectivity index (χ3v) is 4.37. The molecular formula is C22H24N4O2. The lowest BCUT2D eigenvalue weighted by atomic mass is 10.1. The molecule has 0 aliphatic carbocycles. The highest BCUT2D eigenvalue weighted by atomic mass is 16.2. The van der Waals surface area contributed by atoms with E-state index in [-0.39, 0.29) is 18.4 Å². The second-order valence-corrected chi connectivity index (χ2v) is 6.65. The molecule has 3 aromatic rings. The van der Waals surface area contributed by atoms with E-state index in [1.54, 1.807) is 24.3 Å². The molecule has 0 aliphatic heterocycles. The molecule has 0 saturated carbocycles. The first-order chi connectivity index (χ1) is 13.5. The number of aromatic nitrogens is 2. The lowest BCUT2D eigenvalue weighted by Gasteiger charge is -2.08. The molecule has 0 fully saturated rings. The SMILES string of the molecule is Cc1cc(C)n(-c2ccc(CCNC(=O)CNC(=O)c3ccccc3)cc2)n1. The van der Waals surface area contributed by atoms with Crippen LogP contribution in [0.4, 0.5) is 0 Å². The Morgan fingerprint density at radius 2 is 1.68 bits per heavy atom. The predicted octanol–water partition coefficient (Wildman–Crippen LogP) is 2.58. The van der Waals surface area contributed by atoms with Crippen LogP contribution >= 0.6 is 0 Å². The van der Waals surface area contributed by atoms with Crippen molar-refractivity contribution in [2.75, 3.05) is 13.1 Å². The summed E-state index contributed by atoms with van der Waals surface area (Å²) >= 11 is 0. The van der Waals surface area contributed by atoms with Crippen molar-refractivity contribution < 1.29 is 9.59 Å². The maximum absolute atomic E-state index is 11.9. The lowest BCUT2D eigenvalue weighted by molar-refractivity contribution is -0.120. The second-order valence-electron chi connectivity index (χ2n) is 6.65. The van der Waals surface area contributed by atoms with Crippen LogP contribution in [0.3, 0.4) is 0 Å². The highest BCUT2D eigenvalue weighted by molar-refractivity contribution is 5.96. The minimum Gasteiger partial charge on any atom is -0.354 e. The van der Waals surface area contributed by atoms with Gasteiger partial charge in [-0.15, -0.1) is 0 Å². The number of aryl methyl sites for hydroxylation is 2. The number of hydrogen-bond donors (Lipinski definition) is 2. The van der Waals surface area contributed by atoms with E-state index in [9.17, 15) is 9.59 Å². The number of amides is 2. The van der Waals surface area contributed by atoms with Crippen molar-refractivity contribution in [3.05, 3.63) is 83.2 Å². The van der Waals surface area contributed by atoms with Crippen LogP contribution in [0.15, 0.2) is 60.7 Å². The zero-order chi connectivity index (χ0) is 19.9. The minimum absolute atomic E-state index is 0.0371. The number of carbonyl (C=O) groups excluding carboxylic acids is 2. The van der Waals surface area contributed by atoms with Gasteiger partial charge in [0.05, 0.1) is 17.9 Å². The monoisotopic (exact) mass is 376 g/mol. The topological polar surface area (TPSA) is 76.0 Å². The average Bonchev–Trinajstić information content (AvgIpc) is 3.05. The third-order valence-electron chi connectivity index (χ3n) is 4.37. The normalized spacial score (nSPS) is 10.5. The molecular weight excluding hydrogens is 352 g/mol. The molecule has 0 bridgehead atoms. The van der Waals surface area contributed by atoms with E-state index in [1.165, 1.54) is 0 Å². The predicted molar refractivity (Wildman–Crippen MR) is 109 cm³/mol. The van der Waals surface area contributed by atoms with Crippen LogP contribution in [0.1, 0.15) is 27.3 Å². The van der Waals surface area contributed by atoms with Crippen LogP contribution in [-0.4, -0.2) is 34.7 Å². The van der Waals surface area contributed by atoms with Gasteiger partial charge < -0.3 is 10.6 Å². The van der Waals surface area contributed by atoms with E-state index in [4.69, 9.17) is 0 Å². The number of rotatable bonds is 7. The number of hydrogen-bond acceptors (Lipinski definition) is 3. The fourth-order valence-corrected chi connectivity index (χ4v) is 2.96. The molecule has 2 aromatic carbocycles. The molecule has 1 aromatic heterocycles. The highest BCUT2D eigenvalue weighted by Gasteiger charge is 2.07. The van der Waals surface area contributed by atoms with E-state index >= 15 is 0 Å². The van der Waals surface area contributed by atoms with Crippen LogP contribution in [0.25, 0.3) is 5.69 Å². The summed E-state index contributed by atoms with van der Waals surface area (Å²) in [6.45, 7) is 4.48. The van der Waals surface area contributed by atoms with Gasteiger partial charge in [-0.1, -0.05) is 30.3 Å². The maximum atomic E-state index is 11.9. The minimum atomic E-state index is -0.254. The zero-order valence-corrected chi connectivity index (χ0v) is 16.1. The number of nitrogens with one attached hydrogen (secondary N) is 2. The van der Waals surface area contributed by atoms with E-state index < -0.39 is 0 Å². The summed E-state index contributed by atoms with van der Waals surface area (Å²) in [5.74, 6) is -0.459. The Balaban J connectivity index is 1.43. The molecule has 6 heteroatoms. The van der Waals surface area contributed by atoms with Crippen LogP contribution in [0.5, 0.6) is 0 Å². The summed E-state index contributed by atoms with van der Waals surface area (Å²) in [6.07, 6.45) is 0.718. The van der Waals surface area contributed by atoms with Gasteiger partial charge in [0.2, 0.25) is 5.91 Å². The Labute approximate surface area is 164 Å². The molecule has 2 amide bonds. The molecule has 0 aliphatic rings. The van der Waals surface area contributed by atoms with Gasteiger partial charge in [0.1, 0.15) is 0 Å². The van der Waals surface area contributed by atoms with Crippen LogP contribution < -0.4 is 10.6 Å². The van der Waals surface area contributed by atoms with Gasteiger partial charge in [-0.3, -0.25) is 9.59 Å². The van der Waals surface area contributed by atoms with Crippen molar-refractivity contribution in [1.29, 1.82) is 0 Å². The largest absolute Gasteiger partial charge is 0.354 e. The number of nitrogens with zero attached hydrogens (tertiary/aromatic N) is 2. The van der Waals surface area contributed by atoms with Gasteiger partial charge in [0, 0.05) is 17.8 Å². The Morgan fingerprint density at radius 1 is 0.964 bits per heavy atom. The molecule has 2 N–H and O–H groups in total. The van der Waals surface area contributed by atoms with Crippen LogP contribution in [0, 0.1) is 13.8 Å².